The van der Waals surface area contributed by atoms with E-state index in [1.54, 1.807) is 42.9 Å². The Balaban J connectivity index is 1.85. The number of amides is 1. The average molecular weight is 371 g/mol. The number of ether oxygens (including phenoxy) is 2. The predicted molar refractivity (Wildman–Crippen MR) is 99.1 cm³/mol. The first-order chi connectivity index (χ1) is 12.8. The third kappa shape index (κ3) is 5.27. The van der Waals surface area contributed by atoms with Gasteiger partial charge >= 0.3 is 11.9 Å². The standard InChI is InChI=1S/C19H21N3O5/c1-12-18(13(2)22(3)21-12)20-16(23)11-27-17(24)10-7-14-5-8-15(9-6-14)19(25)26-4/h5-10H,11H2,1-4H3,(H,20,23)/b10-7+. The van der Waals surface area contributed by atoms with Crippen molar-refractivity contribution in [1.82, 2.24) is 9.78 Å². The average Bonchev–Trinajstić information content (AvgIpc) is 2.90. The summed E-state index contributed by atoms with van der Waals surface area (Å²) in [5.74, 6) is -1.53. The van der Waals surface area contributed by atoms with E-state index in [0.29, 0.717) is 22.5 Å². The lowest BCUT2D eigenvalue weighted by Gasteiger charge is -2.05. The summed E-state index contributed by atoms with van der Waals surface area (Å²) < 4.78 is 11.2. The summed E-state index contributed by atoms with van der Waals surface area (Å²) >= 11 is 0. The summed E-state index contributed by atoms with van der Waals surface area (Å²) in [4.78, 5) is 35.1. The lowest BCUT2D eigenvalue weighted by molar-refractivity contribution is -0.142. The Bertz CT molecular complexity index is 881. The first-order valence-electron chi connectivity index (χ1n) is 8.15. The summed E-state index contributed by atoms with van der Waals surface area (Å²) in [5.41, 5.74) is 3.22. The van der Waals surface area contributed by atoms with Crippen LogP contribution < -0.4 is 5.32 Å². The van der Waals surface area contributed by atoms with E-state index in [1.807, 2.05) is 6.92 Å². The summed E-state index contributed by atoms with van der Waals surface area (Å²) in [6.07, 6.45) is 2.73. The molecular formula is C19H21N3O5. The highest BCUT2D eigenvalue weighted by Crippen LogP contribution is 2.18. The molecule has 0 atom stereocenters. The molecule has 142 valence electrons. The van der Waals surface area contributed by atoms with Gasteiger partial charge in [0.25, 0.3) is 5.91 Å². The van der Waals surface area contributed by atoms with Crippen molar-refractivity contribution in [1.29, 1.82) is 0 Å². The fourth-order valence-corrected chi connectivity index (χ4v) is 2.33. The maximum absolute atomic E-state index is 11.9. The Morgan fingerprint density at radius 2 is 1.85 bits per heavy atom. The smallest absolute Gasteiger partial charge is 0.337 e. The number of aromatic nitrogens is 2. The van der Waals surface area contributed by atoms with Gasteiger partial charge in [-0.3, -0.25) is 9.48 Å². The van der Waals surface area contributed by atoms with Crippen molar-refractivity contribution >= 4 is 29.6 Å². The molecule has 1 heterocycles. The van der Waals surface area contributed by atoms with E-state index in [9.17, 15) is 14.4 Å². The van der Waals surface area contributed by atoms with Crippen molar-refractivity contribution in [2.24, 2.45) is 7.05 Å². The first kappa shape index (κ1) is 19.9. The van der Waals surface area contributed by atoms with Crippen LogP contribution in [-0.2, 0) is 26.1 Å². The van der Waals surface area contributed by atoms with Crippen LogP contribution in [0.25, 0.3) is 6.08 Å². The van der Waals surface area contributed by atoms with Gasteiger partial charge < -0.3 is 14.8 Å². The van der Waals surface area contributed by atoms with Crippen molar-refractivity contribution in [3.63, 3.8) is 0 Å². The van der Waals surface area contributed by atoms with Gasteiger partial charge in [0.15, 0.2) is 6.61 Å². The second-order valence-electron chi connectivity index (χ2n) is 5.77. The number of benzene rings is 1. The Morgan fingerprint density at radius 3 is 2.41 bits per heavy atom. The number of aryl methyl sites for hydroxylation is 2. The second-order valence-corrected chi connectivity index (χ2v) is 5.77. The van der Waals surface area contributed by atoms with Crippen LogP contribution in [0.3, 0.4) is 0 Å². The van der Waals surface area contributed by atoms with Crippen LogP contribution in [0.2, 0.25) is 0 Å². The number of nitrogens with one attached hydrogen (secondary N) is 1. The predicted octanol–water partition coefficient (Wildman–Crippen LogP) is 2.02. The van der Waals surface area contributed by atoms with Gasteiger partial charge in [0, 0.05) is 13.1 Å². The van der Waals surface area contributed by atoms with Crippen molar-refractivity contribution in [3.8, 4) is 0 Å². The molecule has 2 rings (SSSR count). The number of hydrogen-bond acceptors (Lipinski definition) is 6. The van der Waals surface area contributed by atoms with Crippen molar-refractivity contribution in [2.45, 2.75) is 13.8 Å². The van der Waals surface area contributed by atoms with E-state index in [4.69, 9.17) is 4.74 Å². The number of carbonyl (C=O) groups excluding carboxylic acids is 3. The number of esters is 2. The zero-order valence-electron chi connectivity index (χ0n) is 15.6. The highest BCUT2D eigenvalue weighted by molar-refractivity contribution is 5.95. The molecule has 0 saturated heterocycles. The molecule has 0 saturated carbocycles. The van der Waals surface area contributed by atoms with Crippen LogP contribution in [0.15, 0.2) is 30.3 Å². The molecule has 0 spiro atoms. The highest BCUT2D eigenvalue weighted by atomic mass is 16.5. The fraction of sp³-hybridized carbons (Fsp3) is 0.263. The van der Waals surface area contributed by atoms with Crippen LogP contribution in [0, 0.1) is 13.8 Å². The minimum absolute atomic E-state index is 0.405. The van der Waals surface area contributed by atoms with E-state index >= 15 is 0 Å². The van der Waals surface area contributed by atoms with Gasteiger partial charge in [-0.05, 0) is 37.6 Å². The summed E-state index contributed by atoms with van der Waals surface area (Å²) in [6.45, 7) is 3.21. The molecule has 27 heavy (non-hydrogen) atoms. The third-order valence-corrected chi connectivity index (χ3v) is 3.86. The molecule has 1 aromatic heterocycles. The van der Waals surface area contributed by atoms with Crippen molar-refractivity contribution in [2.75, 3.05) is 19.0 Å². The van der Waals surface area contributed by atoms with E-state index in [-0.39, 0.29) is 0 Å². The third-order valence-electron chi connectivity index (χ3n) is 3.86. The Hall–Kier alpha value is -3.42. The van der Waals surface area contributed by atoms with Crippen molar-refractivity contribution < 1.29 is 23.9 Å². The van der Waals surface area contributed by atoms with Crippen LogP contribution in [0.1, 0.15) is 27.3 Å². The molecule has 0 aliphatic rings. The number of anilines is 1. The minimum atomic E-state index is -0.651. The number of carbonyl (C=O) groups is 3. The Morgan fingerprint density at radius 1 is 1.19 bits per heavy atom. The summed E-state index contributed by atoms with van der Waals surface area (Å²) in [5, 5.41) is 6.88. The number of methoxy groups -OCH3 is 1. The van der Waals surface area contributed by atoms with Crippen LogP contribution in [0.5, 0.6) is 0 Å². The Labute approximate surface area is 156 Å². The van der Waals surface area contributed by atoms with Gasteiger partial charge in [0.1, 0.15) is 0 Å². The van der Waals surface area contributed by atoms with Crippen LogP contribution >= 0.6 is 0 Å². The minimum Gasteiger partial charge on any atom is -0.465 e. The topological polar surface area (TPSA) is 99.5 Å². The maximum atomic E-state index is 11.9. The van der Waals surface area contributed by atoms with E-state index in [1.165, 1.54) is 19.3 Å². The fourth-order valence-electron chi connectivity index (χ4n) is 2.33. The normalized spacial score (nSPS) is 10.7. The quantitative estimate of drug-likeness (QED) is 0.616. The molecule has 0 radical (unpaired) electrons. The highest BCUT2D eigenvalue weighted by Gasteiger charge is 2.13. The molecule has 8 heteroatoms. The summed E-state index contributed by atoms with van der Waals surface area (Å²) in [7, 11) is 3.08. The largest absolute Gasteiger partial charge is 0.465 e. The number of rotatable bonds is 6. The molecule has 0 aliphatic carbocycles. The van der Waals surface area contributed by atoms with E-state index in [2.05, 4.69) is 15.2 Å². The van der Waals surface area contributed by atoms with Gasteiger partial charge in [-0.2, -0.15) is 5.10 Å². The van der Waals surface area contributed by atoms with Crippen LogP contribution in [-0.4, -0.2) is 41.3 Å². The number of hydrogen-bond donors (Lipinski definition) is 1. The van der Waals surface area contributed by atoms with Gasteiger partial charge in [-0.1, -0.05) is 12.1 Å². The number of nitrogens with zero attached hydrogens (tertiary/aromatic N) is 2. The van der Waals surface area contributed by atoms with Crippen LogP contribution in [0.4, 0.5) is 5.69 Å². The second kappa shape index (κ2) is 8.79. The molecule has 0 aliphatic heterocycles. The van der Waals surface area contributed by atoms with Gasteiger partial charge in [0.05, 0.1) is 29.7 Å². The SMILES string of the molecule is COC(=O)c1ccc(/C=C/C(=O)OCC(=O)Nc2c(C)nn(C)c2C)cc1. The lowest BCUT2D eigenvalue weighted by atomic mass is 10.1. The molecule has 0 bridgehead atoms. The zero-order valence-corrected chi connectivity index (χ0v) is 15.6. The van der Waals surface area contributed by atoms with E-state index in [0.717, 1.165) is 5.69 Å². The molecule has 1 N–H and O–H groups in total. The molecule has 8 nitrogen and oxygen atoms in total. The van der Waals surface area contributed by atoms with Gasteiger partial charge in [-0.15, -0.1) is 0 Å². The van der Waals surface area contributed by atoms with Crippen molar-refractivity contribution in [3.05, 3.63) is 52.9 Å². The molecule has 1 amide bonds. The Kier molecular flexibility index (Phi) is 6.48. The molecule has 0 unspecified atom stereocenters. The van der Waals surface area contributed by atoms with Gasteiger partial charge in [-0.25, -0.2) is 9.59 Å². The molecular weight excluding hydrogens is 350 g/mol. The molecule has 1 aromatic carbocycles. The zero-order chi connectivity index (χ0) is 20.0. The summed E-state index contributed by atoms with van der Waals surface area (Å²) in [6, 6.07) is 6.50. The molecule has 0 fully saturated rings. The van der Waals surface area contributed by atoms with E-state index < -0.39 is 24.5 Å². The molecule has 2 aromatic rings. The lowest BCUT2D eigenvalue weighted by Crippen LogP contribution is -2.20. The first-order valence-corrected chi connectivity index (χ1v) is 8.15. The van der Waals surface area contributed by atoms with Gasteiger partial charge in [0.2, 0.25) is 0 Å². The monoisotopic (exact) mass is 371 g/mol. The maximum Gasteiger partial charge on any atom is 0.337 e.